The zero-order valence-corrected chi connectivity index (χ0v) is 79.4. The van der Waals surface area contributed by atoms with Crippen molar-refractivity contribution in [3.8, 4) is 6.01 Å². The Morgan fingerprint density at radius 2 is 0.829 bits per heavy atom. The molecule has 14 N–H and O–H groups in total. The van der Waals surface area contributed by atoms with Crippen LogP contribution in [0.25, 0.3) is 0 Å². The third-order valence-corrected chi connectivity index (χ3v) is 21.8. The van der Waals surface area contributed by atoms with Crippen LogP contribution in [0.4, 0.5) is 37.0 Å². The molecular formula is C70H121F3N16O35SSi4. The molecule has 0 saturated carbocycles. The average Bonchev–Trinajstić information content (AvgIpc) is 1.60. The van der Waals surface area contributed by atoms with E-state index in [2.05, 4.69) is 108 Å². The monoisotopic (exact) mass is 1950 g/mol. The fourth-order valence-corrected chi connectivity index (χ4v) is 16.1. The summed E-state index contributed by atoms with van der Waals surface area (Å²) in [6.45, 7) is 37.6. The highest BCUT2D eigenvalue weighted by Gasteiger charge is 2.54. The summed E-state index contributed by atoms with van der Waals surface area (Å²) in [7, 11) is -12.9. The van der Waals surface area contributed by atoms with E-state index in [0.717, 1.165) is 21.8 Å². The van der Waals surface area contributed by atoms with E-state index in [4.69, 9.17) is 98.3 Å². The van der Waals surface area contributed by atoms with Crippen LogP contribution in [-0.2, 0) is 114 Å². The number of esters is 8. The molecule has 129 heavy (non-hydrogen) atoms. The SMILES string of the molecule is C.CC[C@H]1OC(OC(C)=O)[C@@H](OC(C)=O)C1OC(C)=O.CC[C@H]1OC(OC(C)=O)[C@@H](OC(C)=O)C1OC(C)=O.CC[C@H]1O[C@@H](n2cnc(N[Si](C)(C)C)nc2=O)[C@@H](OC(C)=O)C1OC(C)=O.C[Si](C)(C)Nc1ncnc(O[Si](C)(C)C)n1.C[Si](C)(C)OS(=O)(=O)C(F)(F)F.Nc1ncn([C@@H]2O[C@H](CO)C(O)[C@@H]2O)c(=O)n1.Nc1ncnc(=O)[nH]1.OC[C@H]1OC(O)[C@@H](O)C1O. The molecule has 51 nitrogen and oxygen atoms in total. The lowest BCUT2D eigenvalue weighted by atomic mass is 10.1. The van der Waals surface area contributed by atoms with E-state index >= 15 is 0 Å². The smallest absolute Gasteiger partial charge is 0.518 e. The van der Waals surface area contributed by atoms with Gasteiger partial charge in [0, 0.05) is 55.4 Å². The van der Waals surface area contributed by atoms with Gasteiger partial charge in [-0.2, -0.15) is 46.5 Å². The van der Waals surface area contributed by atoms with Crippen LogP contribution in [0.3, 0.4) is 0 Å². The van der Waals surface area contributed by atoms with Crippen molar-refractivity contribution in [3.63, 3.8) is 0 Å². The highest BCUT2D eigenvalue weighted by Crippen LogP contribution is 2.36. The molecule has 5 saturated heterocycles. The van der Waals surface area contributed by atoms with Crippen molar-refractivity contribution in [1.82, 2.24) is 59.0 Å². The molecule has 9 rings (SSSR count). The molecule has 9 heterocycles. The predicted octanol–water partition coefficient (Wildman–Crippen LogP) is -0.196. The van der Waals surface area contributed by atoms with Crippen molar-refractivity contribution in [2.45, 2.75) is 310 Å². The van der Waals surface area contributed by atoms with Crippen LogP contribution in [0.2, 0.25) is 78.6 Å². The Morgan fingerprint density at radius 3 is 1.16 bits per heavy atom. The lowest BCUT2D eigenvalue weighted by molar-refractivity contribution is -0.195. The largest absolute Gasteiger partial charge is 0.522 e. The van der Waals surface area contributed by atoms with Gasteiger partial charge in [0.1, 0.15) is 96.7 Å². The van der Waals surface area contributed by atoms with Crippen LogP contribution < -0.4 is 42.9 Å². The van der Waals surface area contributed by atoms with Gasteiger partial charge in [-0.15, -0.1) is 0 Å². The molecule has 0 spiro atoms. The first-order valence-corrected chi connectivity index (χ1v) is 54.1. The van der Waals surface area contributed by atoms with Gasteiger partial charge in [-0.3, -0.25) is 52.5 Å². The number of ether oxygens (including phenoxy) is 13. The van der Waals surface area contributed by atoms with Gasteiger partial charge in [-0.25, -0.2) is 34.3 Å². The normalized spacial score (nSPS) is 25.5. The maximum Gasteiger partial charge on any atom is 0.522 e. The van der Waals surface area contributed by atoms with E-state index < -0.39 is 250 Å². The van der Waals surface area contributed by atoms with Crippen LogP contribution in [0.1, 0.15) is 115 Å². The molecule has 5 aliphatic rings. The maximum absolute atomic E-state index is 12.5. The number of carbonyl (C=O) groups excluding carboxylic acids is 8. The molecule has 5 aliphatic heterocycles. The number of anilines is 4. The molecule has 4 aromatic heterocycles. The summed E-state index contributed by atoms with van der Waals surface area (Å²) in [6.07, 6.45) is -12.9. The summed E-state index contributed by atoms with van der Waals surface area (Å²) in [6, 6.07) is 0.426. The van der Waals surface area contributed by atoms with Crippen molar-refractivity contribution in [1.29, 1.82) is 0 Å². The fourth-order valence-electron chi connectivity index (χ4n) is 10.9. The summed E-state index contributed by atoms with van der Waals surface area (Å²) >= 11 is 0. The zero-order valence-electron chi connectivity index (χ0n) is 74.6. The Balaban J connectivity index is 0.000000752. The fraction of sp³-hybridized carbons (Fsp3) is 0.714. The number of aliphatic hydroxyl groups is 7. The Bertz CT molecular complexity index is 4470. The topological polar surface area (TPSA) is 720 Å². The third kappa shape index (κ3) is 41.5. The minimum atomic E-state index is -5.39. The number of nitrogens with zero attached hydrogens (tertiary/aromatic N) is 11. The molecule has 0 radical (unpaired) electrons. The molecule has 0 aromatic carbocycles. The number of H-pyrrole nitrogens is 1. The summed E-state index contributed by atoms with van der Waals surface area (Å²) in [4.78, 5) is 166. The molecular weight excluding hydrogens is 1830 g/mol. The quantitative estimate of drug-likeness (QED) is 0.0198. The lowest BCUT2D eigenvalue weighted by Gasteiger charge is -2.24. The molecule has 5 fully saturated rings. The van der Waals surface area contributed by atoms with Gasteiger partial charge in [-0.05, 0) is 58.5 Å². The average molecular weight is 1950 g/mol. The van der Waals surface area contributed by atoms with Crippen LogP contribution in [-0.4, -0.2) is 313 Å². The van der Waals surface area contributed by atoms with Gasteiger partial charge in [0.05, 0.1) is 13.2 Å². The second kappa shape index (κ2) is 52.4. The highest BCUT2D eigenvalue weighted by atomic mass is 32.2. The Hall–Kier alpha value is -9.71. The summed E-state index contributed by atoms with van der Waals surface area (Å²) in [5.74, 6) is -3.68. The first kappa shape index (κ1) is 117. The highest BCUT2D eigenvalue weighted by molar-refractivity contribution is 7.88. The number of nitrogen functional groups attached to an aromatic ring is 2. The maximum atomic E-state index is 12.5. The molecule has 20 atom stereocenters. The van der Waals surface area contributed by atoms with Gasteiger partial charge in [0.15, 0.2) is 43.2 Å². The number of halogens is 3. The summed E-state index contributed by atoms with van der Waals surface area (Å²) < 4.78 is 135. The van der Waals surface area contributed by atoms with E-state index in [1.165, 1.54) is 87.7 Å². The number of alkyl halides is 3. The standard InChI is InChI=1S/C16H26N4O6Si.2C12H18O7.C9H20N4OSi2.C8H12N4O5.C5H10O5.C4H9F3O3SSi.C3H4N4O.CH4/c1-7-11-12(24-9(2)21)13(25-10(3)22)14(26-11)20-8-17-15(18-16(20)23)19-27(4,5)6;2*1-5-9-10(16-6(2)13)11(17-7(3)14)12(19-9)18-8(4)15;1-15(2,3)13-8-10-7-11-9(12-8)14-16(4,5)6;9-7-10-2-12(8(16)11-7)6-5(15)4(14)3(1-13)17-6;6-1-2-3(7)4(8)5(9)10-2;1-12(2,3)10-11(8,9)4(5,6)7;4-2-5-1-6-3(8)7-2;/h8,11-14H,7H2,1-6H3,(H,18,19,23);2*9-12H,5H2,1-4H3;7H,1-6H3,(H,10,11,12,13);2-6,13-15H,1H2,(H2,9,11,16);2-9H,1H2;1-3H3;1H,(H3,4,5,6,7,8);1H4/t11-,12?,13+,14-;2*9-,10?,11+,12?;;3-,4?,5+,6-;2-,3?,4+,5?;;;/m111.11.../s1. The summed E-state index contributed by atoms with van der Waals surface area (Å²) in [5, 5.41) is 63.0. The Morgan fingerprint density at radius 1 is 0.465 bits per heavy atom. The minimum absolute atomic E-state index is 0. The first-order valence-electron chi connectivity index (χ1n) is 38.9. The third-order valence-electron chi connectivity index (χ3n) is 15.6. The second-order valence-corrected chi connectivity index (χ2v) is 51.8. The number of aromatic amines is 1. The molecule has 59 heteroatoms. The first-order chi connectivity index (χ1) is 58.8. The molecule has 0 bridgehead atoms. The molecule has 734 valence electrons. The predicted molar refractivity (Wildman–Crippen MR) is 450 cm³/mol. The van der Waals surface area contributed by atoms with Crippen molar-refractivity contribution in [3.05, 3.63) is 56.8 Å². The van der Waals surface area contributed by atoms with Gasteiger partial charge >= 0.3 is 86.5 Å². The van der Waals surface area contributed by atoms with Crippen LogP contribution >= 0.6 is 0 Å². The number of carbonyl (C=O) groups is 8. The van der Waals surface area contributed by atoms with Gasteiger partial charge < -0.3 is 127 Å². The van der Waals surface area contributed by atoms with Gasteiger partial charge in [0.25, 0.3) is 0 Å². The van der Waals surface area contributed by atoms with Crippen molar-refractivity contribution in [2.75, 3.05) is 34.6 Å². The Labute approximate surface area is 743 Å². The van der Waals surface area contributed by atoms with E-state index in [9.17, 15) is 84.5 Å². The summed E-state index contributed by atoms with van der Waals surface area (Å²) in [5.41, 5.74) is 3.12. The van der Waals surface area contributed by atoms with E-state index in [-0.39, 0.29) is 25.3 Å². The van der Waals surface area contributed by atoms with E-state index in [1.54, 1.807) is 0 Å². The van der Waals surface area contributed by atoms with E-state index in [0.29, 0.717) is 31.2 Å². The number of hydrogen-bond donors (Lipinski definition) is 12. The van der Waals surface area contributed by atoms with Crippen LogP contribution in [0.15, 0.2) is 39.7 Å². The number of hydrogen-bond acceptors (Lipinski definition) is 48. The van der Waals surface area contributed by atoms with E-state index in [1.807, 2.05) is 40.4 Å². The molecule has 0 amide bonds. The number of aliphatic hydroxyl groups excluding tert-OH is 7. The molecule has 0 aliphatic carbocycles. The molecule has 8 unspecified atom stereocenters. The van der Waals surface area contributed by atoms with Gasteiger partial charge in [0.2, 0.25) is 65.2 Å². The molecule has 4 aromatic rings. The van der Waals surface area contributed by atoms with Crippen molar-refractivity contribution < 1.29 is 166 Å². The van der Waals surface area contributed by atoms with Crippen LogP contribution in [0, 0.1) is 0 Å². The Kier molecular flexibility index (Phi) is 47.6. The van der Waals surface area contributed by atoms with Crippen molar-refractivity contribution in [2.24, 2.45) is 0 Å². The van der Waals surface area contributed by atoms with Crippen LogP contribution in [0.5, 0.6) is 6.01 Å². The van der Waals surface area contributed by atoms with Crippen molar-refractivity contribution >= 4 is 115 Å². The lowest BCUT2D eigenvalue weighted by Crippen LogP contribution is -2.41. The second-order valence-electron chi connectivity index (χ2n) is 31.6. The van der Waals surface area contributed by atoms with Gasteiger partial charge in [-0.1, -0.05) is 67.5 Å². The number of aromatic nitrogens is 12. The zero-order chi connectivity index (χ0) is 98.4. The minimum Gasteiger partial charge on any atom is -0.518 e. The number of nitrogens with one attached hydrogen (secondary N) is 3. The number of rotatable bonds is 23. The number of nitrogens with two attached hydrogens (primary N) is 2.